The van der Waals surface area contributed by atoms with Gasteiger partial charge in [0.05, 0.1) is 7.11 Å². The third-order valence-corrected chi connectivity index (χ3v) is 7.23. The predicted octanol–water partition coefficient (Wildman–Crippen LogP) is 5.27. The average molecular weight is 436 g/mol. The van der Waals surface area contributed by atoms with Crippen molar-refractivity contribution in [2.24, 2.45) is 5.92 Å². The van der Waals surface area contributed by atoms with Gasteiger partial charge in [0, 0.05) is 25.7 Å². The summed E-state index contributed by atoms with van der Waals surface area (Å²) in [5.74, 6) is 3.10. The highest BCUT2D eigenvalue weighted by molar-refractivity contribution is 5.92. The van der Waals surface area contributed by atoms with E-state index in [1.807, 2.05) is 23.1 Å². The lowest BCUT2D eigenvalue weighted by molar-refractivity contribution is -0.119. The van der Waals surface area contributed by atoms with Gasteiger partial charge in [-0.1, -0.05) is 37.5 Å². The zero-order valence-electron chi connectivity index (χ0n) is 19.4. The molecule has 1 saturated carbocycles. The van der Waals surface area contributed by atoms with E-state index in [0.717, 1.165) is 50.6 Å². The number of ether oxygens (including phenoxy) is 1. The number of methoxy groups -OCH3 is 1. The van der Waals surface area contributed by atoms with E-state index in [9.17, 15) is 4.79 Å². The van der Waals surface area contributed by atoms with Gasteiger partial charge in [0.25, 0.3) is 0 Å². The number of aromatic nitrogens is 1. The van der Waals surface area contributed by atoms with Crippen molar-refractivity contribution in [2.45, 2.75) is 57.3 Å². The summed E-state index contributed by atoms with van der Waals surface area (Å²) in [5, 5.41) is 0. The van der Waals surface area contributed by atoms with Crippen LogP contribution in [0.2, 0.25) is 0 Å². The number of amides is 1. The fourth-order valence-electron chi connectivity index (χ4n) is 5.24. The Kier molecular flexibility index (Phi) is 8.16. The Morgan fingerprint density at radius 1 is 1.03 bits per heavy atom. The van der Waals surface area contributed by atoms with Gasteiger partial charge < -0.3 is 9.64 Å². The predicted molar refractivity (Wildman–Crippen MR) is 129 cm³/mol. The Balaban J connectivity index is 1.31. The molecular formula is C27H37N3O2. The number of rotatable bonds is 8. The van der Waals surface area contributed by atoms with Crippen LogP contribution in [0.3, 0.4) is 0 Å². The molecule has 0 spiro atoms. The van der Waals surface area contributed by atoms with E-state index in [-0.39, 0.29) is 5.91 Å². The molecule has 5 heteroatoms. The third-order valence-electron chi connectivity index (χ3n) is 7.23. The van der Waals surface area contributed by atoms with E-state index >= 15 is 0 Å². The first-order valence-corrected chi connectivity index (χ1v) is 12.3. The number of benzene rings is 1. The van der Waals surface area contributed by atoms with Crippen LogP contribution >= 0.6 is 0 Å². The maximum Gasteiger partial charge on any atom is 0.228 e. The van der Waals surface area contributed by atoms with Crippen molar-refractivity contribution in [3.05, 3.63) is 54.2 Å². The standard InChI is InChI=1S/C27H37N3O2/c1-32-25-12-10-23(11-13-25)24-14-17-29(18-15-24)19-20-30(26-9-5-6-16-28-26)27(31)21-22-7-3-2-4-8-22/h5-6,9-13,16,22,24H,2-4,7-8,14-15,17-21H2,1H3. The highest BCUT2D eigenvalue weighted by atomic mass is 16.5. The quantitative estimate of drug-likeness (QED) is 0.566. The molecule has 1 aromatic carbocycles. The monoisotopic (exact) mass is 435 g/mol. The van der Waals surface area contributed by atoms with Gasteiger partial charge in [0.1, 0.15) is 11.6 Å². The normalized spacial score (nSPS) is 18.4. The van der Waals surface area contributed by atoms with Gasteiger partial charge in [-0.05, 0) is 80.4 Å². The molecule has 1 aliphatic heterocycles. The largest absolute Gasteiger partial charge is 0.497 e. The number of hydrogen-bond acceptors (Lipinski definition) is 4. The van der Waals surface area contributed by atoms with E-state index in [2.05, 4.69) is 34.1 Å². The minimum atomic E-state index is 0.240. The molecule has 2 heterocycles. The average Bonchev–Trinajstić information content (AvgIpc) is 2.86. The van der Waals surface area contributed by atoms with Crippen molar-refractivity contribution in [3.63, 3.8) is 0 Å². The van der Waals surface area contributed by atoms with E-state index in [0.29, 0.717) is 18.3 Å². The Hall–Kier alpha value is -2.40. The van der Waals surface area contributed by atoms with Crippen molar-refractivity contribution in [3.8, 4) is 5.75 Å². The number of likely N-dealkylation sites (tertiary alicyclic amines) is 1. The van der Waals surface area contributed by atoms with Gasteiger partial charge in [0.2, 0.25) is 5.91 Å². The van der Waals surface area contributed by atoms with Gasteiger partial charge in [-0.15, -0.1) is 0 Å². The van der Waals surface area contributed by atoms with Crippen molar-refractivity contribution in [1.29, 1.82) is 0 Å². The molecule has 1 amide bonds. The first-order valence-electron chi connectivity index (χ1n) is 12.3. The van der Waals surface area contributed by atoms with E-state index < -0.39 is 0 Å². The lowest BCUT2D eigenvalue weighted by atomic mass is 9.86. The van der Waals surface area contributed by atoms with Gasteiger partial charge in [-0.25, -0.2) is 4.98 Å². The van der Waals surface area contributed by atoms with Gasteiger partial charge in [-0.3, -0.25) is 9.69 Å². The summed E-state index contributed by atoms with van der Waals surface area (Å²) in [4.78, 5) is 22.2. The Bertz CT molecular complexity index is 826. The molecule has 2 fully saturated rings. The summed E-state index contributed by atoms with van der Waals surface area (Å²) >= 11 is 0. The van der Waals surface area contributed by atoms with Crippen LogP contribution in [-0.4, -0.2) is 49.1 Å². The minimum Gasteiger partial charge on any atom is -0.497 e. The first kappa shape index (κ1) is 22.8. The third kappa shape index (κ3) is 6.10. The van der Waals surface area contributed by atoms with Crippen LogP contribution in [0.25, 0.3) is 0 Å². The zero-order chi connectivity index (χ0) is 22.2. The molecule has 0 N–H and O–H groups in total. The summed E-state index contributed by atoms with van der Waals surface area (Å²) in [6.45, 7) is 3.77. The van der Waals surface area contributed by atoms with Crippen LogP contribution in [0, 0.1) is 5.92 Å². The molecule has 2 aliphatic rings. The van der Waals surface area contributed by atoms with Crippen LogP contribution in [0.1, 0.15) is 62.8 Å². The highest BCUT2D eigenvalue weighted by Crippen LogP contribution is 2.30. The highest BCUT2D eigenvalue weighted by Gasteiger charge is 2.25. The van der Waals surface area contributed by atoms with Crippen LogP contribution in [0.15, 0.2) is 48.7 Å². The lowest BCUT2D eigenvalue weighted by Crippen LogP contribution is -2.42. The number of piperidine rings is 1. The fourth-order valence-corrected chi connectivity index (χ4v) is 5.24. The summed E-state index contributed by atoms with van der Waals surface area (Å²) in [6, 6.07) is 14.4. The molecule has 4 rings (SSSR count). The van der Waals surface area contributed by atoms with Gasteiger partial charge >= 0.3 is 0 Å². The van der Waals surface area contributed by atoms with Crippen molar-refractivity contribution in [2.75, 3.05) is 38.2 Å². The zero-order valence-corrected chi connectivity index (χ0v) is 19.4. The van der Waals surface area contributed by atoms with Crippen molar-refractivity contribution in [1.82, 2.24) is 9.88 Å². The SMILES string of the molecule is COc1ccc(C2CCN(CCN(C(=O)CC3CCCCC3)c3ccccn3)CC2)cc1. The molecule has 0 atom stereocenters. The van der Waals surface area contributed by atoms with Gasteiger partial charge in [-0.2, -0.15) is 0 Å². The second-order valence-electron chi connectivity index (χ2n) is 9.33. The molecule has 5 nitrogen and oxygen atoms in total. The molecule has 0 bridgehead atoms. The molecule has 32 heavy (non-hydrogen) atoms. The smallest absolute Gasteiger partial charge is 0.228 e. The van der Waals surface area contributed by atoms with Crippen molar-refractivity contribution >= 4 is 11.7 Å². The van der Waals surface area contributed by atoms with Crippen LogP contribution in [-0.2, 0) is 4.79 Å². The molecule has 1 aromatic heterocycles. The topological polar surface area (TPSA) is 45.7 Å². The Labute approximate surface area is 192 Å². The number of pyridine rings is 1. The minimum absolute atomic E-state index is 0.240. The van der Waals surface area contributed by atoms with Gasteiger partial charge in [0.15, 0.2) is 0 Å². The second-order valence-corrected chi connectivity index (χ2v) is 9.33. The van der Waals surface area contributed by atoms with Crippen molar-refractivity contribution < 1.29 is 9.53 Å². The molecular weight excluding hydrogens is 398 g/mol. The molecule has 0 radical (unpaired) electrons. The maximum atomic E-state index is 13.2. The van der Waals surface area contributed by atoms with E-state index in [1.165, 1.54) is 37.7 Å². The molecule has 0 unspecified atom stereocenters. The number of anilines is 1. The van der Waals surface area contributed by atoms with E-state index in [1.54, 1.807) is 13.3 Å². The number of nitrogens with zero attached hydrogens (tertiary/aromatic N) is 3. The second kappa shape index (κ2) is 11.5. The Morgan fingerprint density at radius 2 is 1.78 bits per heavy atom. The summed E-state index contributed by atoms with van der Waals surface area (Å²) < 4.78 is 5.29. The lowest BCUT2D eigenvalue weighted by Gasteiger charge is -2.34. The summed E-state index contributed by atoms with van der Waals surface area (Å²) in [5.41, 5.74) is 1.41. The number of carbonyl (C=O) groups is 1. The summed E-state index contributed by atoms with van der Waals surface area (Å²) in [6.07, 6.45) is 11.0. The first-order chi connectivity index (χ1) is 15.7. The Morgan fingerprint density at radius 3 is 2.44 bits per heavy atom. The van der Waals surface area contributed by atoms with E-state index in [4.69, 9.17) is 4.74 Å². The fraction of sp³-hybridized carbons (Fsp3) is 0.556. The summed E-state index contributed by atoms with van der Waals surface area (Å²) in [7, 11) is 1.71. The molecule has 172 valence electrons. The molecule has 1 aliphatic carbocycles. The number of hydrogen-bond donors (Lipinski definition) is 0. The van der Waals surface area contributed by atoms with Crippen LogP contribution in [0.5, 0.6) is 5.75 Å². The number of carbonyl (C=O) groups excluding carboxylic acids is 1. The van der Waals surface area contributed by atoms with Crippen LogP contribution < -0.4 is 9.64 Å². The maximum absolute atomic E-state index is 13.2. The van der Waals surface area contributed by atoms with Crippen LogP contribution in [0.4, 0.5) is 5.82 Å². The molecule has 2 aromatic rings. The molecule has 1 saturated heterocycles.